The van der Waals surface area contributed by atoms with E-state index in [9.17, 15) is 0 Å². The average Bonchev–Trinajstić information content (AvgIpc) is 2.14. The van der Waals surface area contributed by atoms with Gasteiger partial charge in [-0.15, -0.1) is 0 Å². The molecule has 13 heavy (non-hydrogen) atoms. The molecule has 0 radical (unpaired) electrons. The molecule has 0 bridgehead atoms. The van der Waals surface area contributed by atoms with Crippen LogP contribution in [0.25, 0.3) is 0 Å². The Labute approximate surface area is 82.4 Å². The van der Waals surface area contributed by atoms with Crippen molar-refractivity contribution in [3.05, 3.63) is 0 Å². The van der Waals surface area contributed by atoms with E-state index in [0.29, 0.717) is 0 Å². The van der Waals surface area contributed by atoms with Gasteiger partial charge in [-0.2, -0.15) is 0 Å². The van der Waals surface area contributed by atoms with Crippen LogP contribution in [0.4, 0.5) is 0 Å². The van der Waals surface area contributed by atoms with Crippen molar-refractivity contribution in [2.24, 2.45) is 0 Å². The summed E-state index contributed by atoms with van der Waals surface area (Å²) in [5.74, 6) is 0. The maximum absolute atomic E-state index is 4.94. The quantitative estimate of drug-likeness (QED) is 0.545. The molecule has 0 aliphatic rings. The zero-order valence-corrected chi connectivity index (χ0v) is 9.31. The Kier molecular flexibility index (Phi) is 9.87. The molecule has 0 rings (SSSR count). The lowest BCUT2D eigenvalue weighted by Gasteiger charge is -2.16. The normalized spacial score (nSPS) is 11.1. The van der Waals surface area contributed by atoms with Crippen molar-refractivity contribution < 1.29 is 4.74 Å². The highest BCUT2D eigenvalue weighted by Crippen LogP contribution is 1.89. The minimum atomic E-state index is 0.804. The minimum absolute atomic E-state index is 0.804. The molecule has 0 atom stereocenters. The lowest BCUT2D eigenvalue weighted by atomic mass is 10.3. The van der Waals surface area contributed by atoms with E-state index in [0.717, 1.165) is 26.2 Å². The molecule has 0 amide bonds. The second-order valence-corrected chi connectivity index (χ2v) is 3.40. The highest BCUT2D eigenvalue weighted by atomic mass is 16.5. The molecule has 0 unspecified atom stereocenters. The van der Waals surface area contributed by atoms with Gasteiger partial charge in [0.15, 0.2) is 0 Å². The number of methoxy groups -OCH3 is 1. The topological polar surface area (TPSA) is 24.5 Å². The summed E-state index contributed by atoms with van der Waals surface area (Å²) < 4.78 is 4.94. The highest BCUT2D eigenvalue weighted by Gasteiger charge is 1.95. The number of hydrogen-bond donors (Lipinski definition) is 1. The van der Waals surface area contributed by atoms with Gasteiger partial charge in [0.2, 0.25) is 0 Å². The molecule has 0 aromatic carbocycles. The largest absolute Gasteiger partial charge is 0.383 e. The SMILES string of the molecule is CCCCN(C)CCNCCOC. The summed E-state index contributed by atoms with van der Waals surface area (Å²) in [6.45, 7) is 7.39. The van der Waals surface area contributed by atoms with Gasteiger partial charge in [0.1, 0.15) is 0 Å². The number of hydrogen-bond acceptors (Lipinski definition) is 3. The predicted octanol–water partition coefficient (Wildman–Crippen LogP) is 0.954. The lowest BCUT2D eigenvalue weighted by Crippen LogP contribution is -2.31. The second-order valence-electron chi connectivity index (χ2n) is 3.40. The van der Waals surface area contributed by atoms with Crippen LogP contribution in [0.5, 0.6) is 0 Å². The second kappa shape index (κ2) is 9.96. The first-order valence-corrected chi connectivity index (χ1v) is 5.19. The standard InChI is InChI=1S/C10H24N2O/c1-4-5-8-12(2)9-6-11-7-10-13-3/h11H,4-10H2,1-3H3. The molecule has 0 aliphatic heterocycles. The molecule has 0 aromatic rings. The van der Waals surface area contributed by atoms with E-state index >= 15 is 0 Å². The fraction of sp³-hybridized carbons (Fsp3) is 1.00. The van der Waals surface area contributed by atoms with Gasteiger partial charge in [-0.25, -0.2) is 0 Å². The van der Waals surface area contributed by atoms with E-state index in [1.54, 1.807) is 7.11 Å². The third-order valence-corrected chi connectivity index (χ3v) is 2.05. The van der Waals surface area contributed by atoms with Gasteiger partial charge in [-0.3, -0.25) is 0 Å². The van der Waals surface area contributed by atoms with Crippen LogP contribution in [0.2, 0.25) is 0 Å². The van der Waals surface area contributed by atoms with E-state index in [4.69, 9.17) is 4.74 Å². The molecule has 3 nitrogen and oxygen atoms in total. The molecule has 0 heterocycles. The Bertz CT molecular complexity index is 98.9. The first-order chi connectivity index (χ1) is 6.31. The van der Waals surface area contributed by atoms with E-state index in [2.05, 4.69) is 24.2 Å². The van der Waals surface area contributed by atoms with E-state index in [1.807, 2.05) is 0 Å². The molecule has 1 N–H and O–H groups in total. The predicted molar refractivity (Wildman–Crippen MR) is 57.2 cm³/mol. The third-order valence-electron chi connectivity index (χ3n) is 2.05. The van der Waals surface area contributed by atoms with Crippen LogP contribution in [-0.4, -0.2) is 51.8 Å². The summed E-state index contributed by atoms with van der Waals surface area (Å²) in [7, 11) is 3.91. The van der Waals surface area contributed by atoms with Crippen molar-refractivity contribution in [2.45, 2.75) is 19.8 Å². The van der Waals surface area contributed by atoms with Gasteiger partial charge in [-0.1, -0.05) is 13.3 Å². The van der Waals surface area contributed by atoms with Gasteiger partial charge < -0.3 is 15.0 Å². The number of ether oxygens (including phenoxy) is 1. The van der Waals surface area contributed by atoms with E-state index in [1.165, 1.54) is 19.4 Å². The summed E-state index contributed by atoms with van der Waals surface area (Å²) >= 11 is 0. The van der Waals surface area contributed by atoms with Crippen LogP contribution in [-0.2, 0) is 4.74 Å². The fourth-order valence-corrected chi connectivity index (χ4v) is 1.11. The molecule has 0 saturated carbocycles. The van der Waals surface area contributed by atoms with Gasteiger partial charge in [0.05, 0.1) is 6.61 Å². The number of unbranched alkanes of at least 4 members (excludes halogenated alkanes) is 1. The maximum Gasteiger partial charge on any atom is 0.0587 e. The van der Waals surface area contributed by atoms with Crippen LogP contribution >= 0.6 is 0 Å². The smallest absolute Gasteiger partial charge is 0.0587 e. The molecule has 80 valence electrons. The van der Waals surface area contributed by atoms with Crippen LogP contribution < -0.4 is 5.32 Å². The zero-order chi connectivity index (χ0) is 9.94. The fourth-order valence-electron chi connectivity index (χ4n) is 1.11. The van der Waals surface area contributed by atoms with Gasteiger partial charge in [0, 0.05) is 26.7 Å². The Morgan fingerprint density at radius 3 is 2.62 bits per heavy atom. The molecule has 0 aliphatic carbocycles. The first-order valence-electron chi connectivity index (χ1n) is 5.19. The molecule has 0 aromatic heterocycles. The Morgan fingerprint density at radius 1 is 1.23 bits per heavy atom. The number of likely N-dealkylation sites (N-methyl/N-ethyl adjacent to an activating group) is 1. The Morgan fingerprint density at radius 2 is 2.00 bits per heavy atom. The zero-order valence-electron chi connectivity index (χ0n) is 9.31. The van der Waals surface area contributed by atoms with Crippen molar-refractivity contribution in [1.29, 1.82) is 0 Å². The van der Waals surface area contributed by atoms with E-state index < -0.39 is 0 Å². The Hall–Kier alpha value is -0.120. The summed E-state index contributed by atoms with van der Waals surface area (Å²) in [5, 5.41) is 3.33. The van der Waals surface area contributed by atoms with Crippen molar-refractivity contribution in [1.82, 2.24) is 10.2 Å². The summed E-state index contributed by atoms with van der Waals surface area (Å²) in [4.78, 5) is 2.36. The number of nitrogens with one attached hydrogen (secondary N) is 1. The minimum Gasteiger partial charge on any atom is -0.383 e. The van der Waals surface area contributed by atoms with Crippen molar-refractivity contribution in [3.8, 4) is 0 Å². The molecule has 0 fully saturated rings. The molecular formula is C10H24N2O. The van der Waals surface area contributed by atoms with Crippen LogP contribution in [0, 0.1) is 0 Å². The Balaban J connectivity index is 3.03. The number of nitrogens with zero attached hydrogens (tertiary/aromatic N) is 1. The van der Waals surface area contributed by atoms with Crippen molar-refractivity contribution >= 4 is 0 Å². The van der Waals surface area contributed by atoms with Gasteiger partial charge in [0.25, 0.3) is 0 Å². The van der Waals surface area contributed by atoms with Crippen molar-refractivity contribution in [3.63, 3.8) is 0 Å². The summed E-state index contributed by atoms with van der Waals surface area (Å²) in [5.41, 5.74) is 0. The molecule has 0 spiro atoms. The maximum atomic E-state index is 4.94. The van der Waals surface area contributed by atoms with E-state index in [-0.39, 0.29) is 0 Å². The summed E-state index contributed by atoms with van der Waals surface area (Å²) in [6.07, 6.45) is 2.58. The molecule has 0 saturated heterocycles. The third kappa shape index (κ3) is 9.80. The summed E-state index contributed by atoms with van der Waals surface area (Å²) in [6, 6.07) is 0. The number of rotatable bonds is 9. The molecular weight excluding hydrogens is 164 g/mol. The van der Waals surface area contributed by atoms with Gasteiger partial charge >= 0.3 is 0 Å². The monoisotopic (exact) mass is 188 g/mol. The van der Waals surface area contributed by atoms with Gasteiger partial charge in [-0.05, 0) is 20.0 Å². The van der Waals surface area contributed by atoms with Crippen LogP contribution in [0.3, 0.4) is 0 Å². The van der Waals surface area contributed by atoms with Crippen LogP contribution in [0.1, 0.15) is 19.8 Å². The molecule has 3 heteroatoms. The lowest BCUT2D eigenvalue weighted by molar-refractivity contribution is 0.198. The van der Waals surface area contributed by atoms with Crippen LogP contribution in [0.15, 0.2) is 0 Å². The first kappa shape index (κ1) is 12.9. The highest BCUT2D eigenvalue weighted by molar-refractivity contribution is 4.54. The van der Waals surface area contributed by atoms with Crippen molar-refractivity contribution in [2.75, 3.05) is 46.9 Å². The average molecular weight is 188 g/mol.